The van der Waals surface area contributed by atoms with E-state index in [1.807, 2.05) is 0 Å². The predicted octanol–water partition coefficient (Wildman–Crippen LogP) is 4.78. The van der Waals surface area contributed by atoms with E-state index in [9.17, 15) is 13.6 Å². The summed E-state index contributed by atoms with van der Waals surface area (Å²) >= 11 is 0. The van der Waals surface area contributed by atoms with Crippen molar-refractivity contribution in [1.29, 1.82) is 0 Å². The maximum absolute atomic E-state index is 14.7. The number of hydrogen-bond acceptors (Lipinski definition) is 7. The summed E-state index contributed by atoms with van der Waals surface area (Å²) in [6.07, 6.45) is 5.91. The molecular weight excluding hydrogens is 456 g/mol. The molecule has 0 bridgehead atoms. The van der Waals surface area contributed by atoms with Gasteiger partial charge in [-0.2, -0.15) is 10.1 Å². The largest absolute Gasteiger partial charge is 0.494 e. The fraction of sp³-hybridized carbons (Fsp3) is 0.0833. The van der Waals surface area contributed by atoms with Gasteiger partial charge in [0.05, 0.1) is 24.7 Å². The number of hydrogen-bond donors (Lipinski definition) is 3. The number of halogens is 2. The molecule has 11 heteroatoms. The lowest BCUT2D eigenvalue weighted by Crippen LogP contribution is -2.08. The number of amides is 1. The van der Waals surface area contributed by atoms with Gasteiger partial charge in [0.1, 0.15) is 11.6 Å². The molecule has 0 spiro atoms. The van der Waals surface area contributed by atoms with Gasteiger partial charge >= 0.3 is 0 Å². The van der Waals surface area contributed by atoms with Crippen molar-refractivity contribution in [3.63, 3.8) is 0 Å². The molecule has 3 N–H and O–H groups in total. The van der Waals surface area contributed by atoms with Gasteiger partial charge in [-0.3, -0.25) is 9.48 Å². The predicted molar refractivity (Wildman–Crippen MR) is 129 cm³/mol. The molecule has 0 unspecified atom stereocenters. The molecule has 35 heavy (non-hydrogen) atoms. The van der Waals surface area contributed by atoms with Crippen molar-refractivity contribution in [2.45, 2.75) is 0 Å². The van der Waals surface area contributed by atoms with Crippen LogP contribution in [-0.2, 0) is 11.8 Å². The van der Waals surface area contributed by atoms with Crippen LogP contribution in [0.15, 0.2) is 67.6 Å². The van der Waals surface area contributed by atoms with Crippen LogP contribution in [0.1, 0.15) is 0 Å². The van der Waals surface area contributed by atoms with E-state index in [1.54, 1.807) is 30.2 Å². The number of aryl methyl sites for hydroxylation is 1. The Morgan fingerprint density at radius 1 is 1.09 bits per heavy atom. The smallest absolute Gasteiger partial charge is 0.247 e. The number of anilines is 5. The zero-order chi connectivity index (χ0) is 24.9. The van der Waals surface area contributed by atoms with Crippen molar-refractivity contribution < 1.29 is 18.3 Å². The van der Waals surface area contributed by atoms with E-state index in [2.05, 4.69) is 37.6 Å². The Morgan fingerprint density at radius 2 is 1.91 bits per heavy atom. The number of ether oxygens (including phenoxy) is 1. The first-order chi connectivity index (χ1) is 16.9. The summed E-state index contributed by atoms with van der Waals surface area (Å²) in [6.45, 7) is 3.40. The van der Waals surface area contributed by atoms with E-state index in [-0.39, 0.29) is 23.2 Å². The van der Waals surface area contributed by atoms with Crippen molar-refractivity contribution in [3.8, 4) is 16.9 Å². The summed E-state index contributed by atoms with van der Waals surface area (Å²) in [7, 11) is 3.13. The molecule has 0 saturated carbocycles. The van der Waals surface area contributed by atoms with Gasteiger partial charge in [-0.05, 0) is 42.0 Å². The van der Waals surface area contributed by atoms with Crippen molar-refractivity contribution in [2.24, 2.45) is 7.05 Å². The first-order valence-corrected chi connectivity index (χ1v) is 10.3. The van der Waals surface area contributed by atoms with Crippen LogP contribution in [0.25, 0.3) is 11.1 Å². The lowest BCUT2D eigenvalue weighted by atomic mass is 10.1. The molecule has 4 rings (SSSR count). The number of aromatic nitrogens is 4. The van der Waals surface area contributed by atoms with Gasteiger partial charge in [0.2, 0.25) is 11.9 Å². The van der Waals surface area contributed by atoms with Crippen LogP contribution in [0.3, 0.4) is 0 Å². The van der Waals surface area contributed by atoms with Crippen molar-refractivity contribution in [1.82, 2.24) is 19.7 Å². The highest BCUT2D eigenvalue weighted by Crippen LogP contribution is 2.33. The van der Waals surface area contributed by atoms with E-state index in [1.165, 1.54) is 43.6 Å². The summed E-state index contributed by atoms with van der Waals surface area (Å²) in [6, 6.07) is 8.40. The molecule has 0 aliphatic heterocycles. The fourth-order valence-corrected chi connectivity index (χ4v) is 3.22. The molecule has 4 aromatic rings. The third-order valence-corrected chi connectivity index (χ3v) is 4.88. The maximum atomic E-state index is 14.7. The Morgan fingerprint density at radius 3 is 2.60 bits per heavy atom. The summed E-state index contributed by atoms with van der Waals surface area (Å²) in [5.41, 5.74) is 1.87. The first-order valence-electron chi connectivity index (χ1n) is 10.3. The van der Waals surface area contributed by atoms with Crippen LogP contribution in [0.2, 0.25) is 0 Å². The van der Waals surface area contributed by atoms with Gasteiger partial charge < -0.3 is 20.7 Å². The molecule has 2 heterocycles. The van der Waals surface area contributed by atoms with Crippen LogP contribution >= 0.6 is 0 Å². The SMILES string of the molecule is C=CC(=O)Nc1ccc(F)c(Nc2nc(Nc3cnn(C)c3)ncc2-c2ccc(OC)c(F)c2)c1. The summed E-state index contributed by atoms with van der Waals surface area (Å²) in [5.74, 6) is -1.13. The maximum Gasteiger partial charge on any atom is 0.247 e. The van der Waals surface area contributed by atoms with Gasteiger partial charge in [0.15, 0.2) is 11.6 Å². The molecule has 0 radical (unpaired) electrons. The molecule has 9 nitrogen and oxygen atoms in total. The molecule has 2 aromatic heterocycles. The molecule has 178 valence electrons. The highest BCUT2D eigenvalue weighted by Gasteiger charge is 2.15. The van der Waals surface area contributed by atoms with Crippen LogP contribution < -0.4 is 20.7 Å². The van der Waals surface area contributed by atoms with E-state index >= 15 is 0 Å². The lowest BCUT2D eigenvalue weighted by Gasteiger charge is -2.15. The Bertz CT molecular complexity index is 1400. The minimum Gasteiger partial charge on any atom is -0.494 e. The summed E-state index contributed by atoms with van der Waals surface area (Å²) in [4.78, 5) is 20.4. The quantitative estimate of drug-likeness (QED) is 0.314. The van der Waals surface area contributed by atoms with E-state index < -0.39 is 17.5 Å². The molecule has 0 saturated heterocycles. The molecule has 0 atom stereocenters. The number of rotatable bonds is 8. The minimum absolute atomic E-state index is 0.0353. The Kier molecular flexibility index (Phi) is 6.67. The summed E-state index contributed by atoms with van der Waals surface area (Å²) in [5, 5.41) is 12.6. The van der Waals surface area contributed by atoms with Crippen molar-refractivity contribution >= 4 is 34.7 Å². The van der Waals surface area contributed by atoms with Gasteiger partial charge in [0.25, 0.3) is 0 Å². The Labute approximate surface area is 199 Å². The molecule has 0 fully saturated rings. The molecule has 0 aliphatic rings. The summed E-state index contributed by atoms with van der Waals surface area (Å²) < 4.78 is 35.7. The topological polar surface area (TPSA) is 106 Å². The zero-order valence-corrected chi connectivity index (χ0v) is 18.8. The number of methoxy groups -OCH3 is 1. The molecule has 0 aliphatic carbocycles. The Balaban J connectivity index is 1.75. The number of benzene rings is 2. The van der Waals surface area contributed by atoms with Crippen LogP contribution in [-0.4, -0.2) is 32.8 Å². The second-order valence-corrected chi connectivity index (χ2v) is 7.35. The van der Waals surface area contributed by atoms with Gasteiger partial charge in [0, 0.05) is 30.7 Å². The van der Waals surface area contributed by atoms with Crippen LogP contribution in [0.5, 0.6) is 5.75 Å². The standard InChI is InChI=1S/C24H21F2N7O2/c1-4-22(34)29-15-6-7-18(25)20(10-15)31-23-17(14-5-8-21(35-3)19(26)9-14)12-27-24(32-23)30-16-11-28-33(2)13-16/h4-13H,1H2,2-3H3,(H,29,34)(H2,27,30,31,32). The first kappa shape index (κ1) is 23.4. The third kappa shape index (κ3) is 5.41. The molecule has 2 aromatic carbocycles. The van der Waals surface area contributed by atoms with Crippen LogP contribution in [0, 0.1) is 11.6 Å². The van der Waals surface area contributed by atoms with Gasteiger partial charge in [-0.15, -0.1) is 0 Å². The second-order valence-electron chi connectivity index (χ2n) is 7.35. The van der Waals surface area contributed by atoms with Gasteiger partial charge in [-0.25, -0.2) is 13.8 Å². The number of nitrogens with zero attached hydrogens (tertiary/aromatic N) is 4. The fourth-order valence-electron chi connectivity index (χ4n) is 3.22. The number of carbonyl (C=O) groups is 1. The second kappa shape index (κ2) is 10.00. The van der Waals surface area contributed by atoms with E-state index in [0.29, 0.717) is 22.5 Å². The highest BCUT2D eigenvalue weighted by molar-refractivity contribution is 5.99. The lowest BCUT2D eigenvalue weighted by molar-refractivity contribution is -0.111. The highest BCUT2D eigenvalue weighted by atomic mass is 19.1. The van der Waals surface area contributed by atoms with E-state index in [4.69, 9.17) is 4.74 Å². The minimum atomic E-state index is -0.589. The van der Waals surface area contributed by atoms with E-state index in [0.717, 1.165) is 6.08 Å². The number of carbonyl (C=O) groups excluding carboxylic acids is 1. The molecule has 1 amide bonds. The van der Waals surface area contributed by atoms with Crippen molar-refractivity contribution in [3.05, 3.63) is 79.3 Å². The van der Waals surface area contributed by atoms with Gasteiger partial charge in [-0.1, -0.05) is 12.6 Å². The third-order valence-electron chi connectivity index (χ3n) is 4.88. The number of nitrogens with one attached hydrogen (secondary N) is 3. The van der Waals surface area contributed by atoms with Crippen LogP contribution in [0.4, 0.5) is 37.6 Å². The molecular formula is C24H21F2N7O2. The normalized spacial score (nSPS) is 10.5. The zero-order valence-electron chi connectivity index (χ0n) is 18.8. The average molecular weight is 477 g/mol. The average Bonchev–Trinajstić information content (AvgIpc) is 3.25. The Hall–Kier alpha value is -4.80. The van der Waals surface area contributed by atoms with Crippen molar-refractivity contribution in [2.75, 3.05) is 23.1 Å². The monoisotopic (exact) mass is 477 g/mol.